The first-order valence-corrected chi connectivity index (χ1v) is 10.9. The third-order valence-corrected chi connectivity index (χ3v) is 6.21. The van der Waals surface area contributed by atoms with E-state index in [9.17, 15) is 0 Å². The summed E-state index contributed by atoms with van der Waals surface area (Å²) in [6.07, 6.45) is 1.27. The van der Waals surface area contributed by atoms with Crippen molar-refractivity contribution in [3.8, 4) is 28.0 Å². The number of epoxide rings is 1. The molecule has 154 valence electrons. The Morgan fingerprint density at radius 3 is 2.32 bits per heavy atom. The molecule has 0 saturated carbocycles. The molecule has 1 saturated heterocycles. The quantitative estimate of drug-likeness (QED) is 0.249. The van der Waals surface area contributed by atoms with E-state index >= 15 is 0 Å². The average molecular weight is 408 g/mol. The van der Waals surface area contributed by atoms with Crippen LogP contribution >= 0.6 is 0 Å². The Kier molecular flexibility index (Phi) is 4.71. The van der Waals surface area contributed by atoms with Crippen molar-refractivity contribution >= 4 is 10.8 Å². The largest absolute Gasteiger partial charge is 0.491 e. The van der Waals surface area contributed by atoms with Crippen LogP contribution in [0.2, 0.25) is 0 Å². The molecule has 3 nitrogen and oxygen atoms in total. The maximum atomic E-state index is 6.09. The number of hydrogen-bond donors (Lipinski definition) is 0. The van der Waals surface area contributed by atoms with Crippen molar-refractivity contribution < 1.29 is 14.2 Å². The zero-order valence-corrected chi connectivity index (χ0v) is 17.3. The topological polar surface area (TPSA) is 31.0 Å². The second-order valence-electron chi connectivity index (χ2n) is 8.20. The Morgan fingerprint density at radius 1 is 0.710 bits per heavy atom. The minimum atomic E-state index is 0.291. The third-order valence-electron chi connectivity index (χ3n) is 6.21. The lowest BCUT2D eigenvalue weighted by Gasteiger charge is -2.14. The van der Waals surface area contributed by atoms with Crippen LogP contribution in [0.1, 0.15) is 11.1 Å². The summed E-state index contributed by atoms with van der Waals surface area (Å²) in [5.41, 5.74) is 8.11. The van der Waals surface area contributed by atoms with Crippen molar-refractivity contribution in [2.75, 3.05) is 26.4 Å². The van der Waals surface area contributed by atoms with Gasteiger partial charge in [-0.15, -0.1) is 0 Å². The molecule has 4 aromatic rings. The smallest absolute Gasteiger partial charge is 0.127 e. The van der Waals surface area contributed by atoms with Gasteiger partial charge in [-0.2, -0.15) is 0 Å². The highest BCUT2D eigenvalue weighted by Gasteiger charge is 2.23. The molecule has 1 fully saturated rings. The van der Waals surface area contributed by atoms with Gasteiger partial charge in [0, 0.05) is 5.39 Å². The van der Waals surface area contributed by atoms with Crippen LogP contribution in [-0.4, -0.2) is 32.5 Å². The van der Waals surface area contributed by atoms with Gasteiger partial charge in [0.25, 0.3) is 0 Å². The standard InChI is InChI=1S/C28H24O3/c1-2-7-21-19(6-1)16-27-22(21)8-3-10-25(27)23-9-4-12-26-24(23)11-5-13-28(26)30-15-14-29-17-20-18-31-20/h1-13,20H,14-18H2. The lowest BCUT2D eigenvalue weighted by atomic mass is 9.92. The maximum absolute atomic E-state index is 6.09. The van der Waals surface area contributed by atoms with Crippen molar-refractivity contribution in [2.24, 2.45) is 0 Å². The normalized spacial score (nSPS) is 16.2. The van der Waals surface area contributed by atoms with Crippen LogP contribution < -0.4 is 4.74 Å². The molecule has 31 heavy (non-hydrogen) atoms. The van der Waals surface area contributed by atoms with Gasteiger partial charge in [-0.1, -0.05) is 72.8 Å². The van der Waals surface area contributed by atoms with Crippen LogP contribution in [-0.2, 0) is 15.9 Å². The Morgan fingerprint density at radius 2 is 1.42 bits per heavy atom. The minimum absolute atomic E-state index is 0.291. The number of fused-ring (bicyclic) bond motifs is 4. The molecule has 6 rings (SSSR count). The fourth-order valence-corrected chi connectivity index (χ4v) is 4.64. The highest BCUT2D eigenvalue weighted by atomic mass is 16.6. The monoisotopic (exact) mass is 408 g/mol. The van der Waals surface area contributed by atoms with Crippen LogP contribution in [0.5, 0.6) is 5.75 Å². The van der Waals surface area contributed by atoms with Crippen molar-refractivity contribution in [1.82, 2.24) is 0 Å². The van der Waals surface area contributed by atoms with E-state index < -0.39 is 0 Å². The lowest BCUT2D eigenvalue weighted by molar-refractivity contribution is 0.0883. The summed E-state index contributed by atoms with van der Waals surface area (Å²) >= 11 is 0. The molecule has 0 N–H and O–H groups in total. The Bertz CT molecular complexity index is 1260. The van der Waals surface area contributed by atoms with E-state index in [0.29, 0.717) is 25.9 Å². The molecule has 1 aliphatic heterocycles. The molecule has 0 amide bonds. The van der Waals surface area contributed by atoms with E-state index in [1.54, 1.807) is 0 Å². The third kappa shape index (κ3) is 3.50. The van der Waals surface area contributed by atoms with E-state index in [1.807, 2.05) is 6.07 Å². The Labute approximate surface area is 182 Å². The van der Waals surface area contributed by atoms with E-state index in [2.05, 4.69) is 72.8 Å². The lowest BCUT2D eigenvalue weighted by Crippen LogP contribution is -2.10. The van der Waals surface area contributed by atoms with Gasteiger partial charge in [0.15, 0.2) is 0 Å². The van der Waals surface area contributed by atoms with E-state index in [0.717, 1.165) is 24.2 Å². The van der Waals surface area contributed by atoms with Crippen LogP contribution in [0.3, 0.4) is 0 Å². The van der Waals surface area contributed by atoms with Crippen molar-refractivity contribution in [2.45, 2.75) is 12.5 Å². The van der Waals surface area contributed by atoms with Gasteiger partial charge in [0.05, 0.1) is 19.8 Å². The molecule has 0 spiro atoms. The van der Waals surface area contributed by atoms with Crippen LogP contribution in [0.4, 0.5) is 0 Å². The molecular formula is C28H24O3. The molecule has 1 aliphatic carbocycles. The summed E-state index contributed by atoms with van der Waals surface area (Å²) in [6, 6.07) is 28.2. The first-order chi connectivity index (χ1) is 15.4. The van der Waals surface area contributed by atoms with Crippen LogP contribution in [0.25, 0.3) is 33.0 Å². The molecule has 1 unspecified atom stereocenters. The van der Waals surface area contributed by atoms with Crippen molar-refractivity contribution in [3.63, 3.8) is 0 Å². The van der Waals surface area contributed by atoms with Crippen molar-refractivity contribution in [3.05, 3.63) is 90.0 Å². The number of rotatable bonds is 7. The second kappa shape index (κ2) is 7.84. The summed E-state index contributed by atoms with van der Waals surface area (Å²) in [4.78, 5) is 0. The molecular weight excluding hydrogens is 384 g/mol. The number of benzene rings is 4. The summed E-state index contributed by atoms with van der Waals surface area (Å²) in [5, 5.41) is 2.36. The predicted molar refractivity (Wildman–Crippen MR) is 124 cm³/mol. The Balaban J connectivity index is 1.33. The summed E-state index contributed by atoms with van der Waals surface area (Å²) in [5.74, 6) is 0.904. The number of hydrogen-bond acceptors (Lipinski definition) is 3. The maximum Gasteiger partial charge on any atom is 0.127 e. The average Bonchev–Trinajstić information content (AvgIpc) is 3.56. The fourth-order valence-electron chi connectivity index (χ4n) is 4.64. The van der Waals surface area contributed by atoms with Crippen molar-refractivity contribution in [1.29, 1.82) is 0 Å². The van der Waals surface area contributed by atoms with Gasteiger partial charge in [0.2, 0.25) is 0 Å². The predicted octanol–water partition coefficient (Wildman–Crippen LogP) is 5.87. The summed E-state index contributed by atoms with van der Waals surface area (Å²) < 4.78 is 16.9. The summed E-state index contributed by atoms with van der Waals surface area (Å²) in [6.45, 7) is 2.58. The molecule has 3 heteroatoms. The summed E-state index contributed by atoms with van der Waals surface area (Å²) in [7, 11) is 0. The molecule has 0 radical (unpaired) electrons. The first-order valence-electron chi connectivity index (χ1n) is 10.9. The van der Waals surface area contributed by atoms with Gasteiger partial charge >= 0.3 is 0 Å². The molecule has 2 aliphatic rings. The zero-order chi connectivity index (χ0) is 20.6. The first kappa shape index (κ1) is 18.6. The van der Waals surface area contributed by atoms with Gasteiger partial charge in [0.1, 0.15) is 18.5 Å². The number of ether oxygens (including phenoxy) is 3. The van der Waals surface area contributed by atoms with E-state index in [-0.39, 0.29) is 0 Å². The molecule has 1 atom stereocenters. The van der Waals surface area contributed by atoms with E-state index in [1.165, 1.54) is 38.8 Å². The van der Waals surface area contributed by atoms with Gasteiger partial charge < -0.3 is 14.2 Å². The Hall–Kier alpha value is -3.14. The molecule has 0 aromatic heterocycles. The van der Waals surface area contributed by atoms with Crippen LogP contribution in [0.15, 0.2) is 78.9 Å². The molecule has 0 bridgehead atoms. The van der Waals surface area contributed by atoms with Gasteiger partial charge in [-0.05, 0) is 51.3 Å². The highest BCUT2D eigenvalue weighted by molar-refractivity contribution is 6.01. The minimum Gasteiger partial charge on any atom is -0.491 e. The molecule has 4 aromatic carbocycles. The zero-order valence-electron chi connectivity index (χ0n) is 17.3. The molecule has 1 heterocycles. The highest BCUT2D eigenvalue weighted by Crippen LogP contribution is 2.43. The van der Waals surface area contributed by atoms with Gasteiger partial charge in [-0.3, -0.25) is 0 Å². The fraction of sp³-hybridized carbons (Fsp3) is 0.214. The van der Waals surface area contributed by atoms with E-state index in [4.69, 9.17) is 14.2 Å². The van der Waals surface area contributed by atoms with Crippen LogP contribution in [0, 0.1) is 0 Å². The SMILES string of the molecule is c1ccc2c(c1)Cc1c-2cccc1-c1cccc2c(OCCOCC3CO3)cccc12. The second-order valence-corrected chi connectivity index (χ2v) is 8.20. The van der Waals surface area contributed by atoms with Gasteiger partial charge in [-0.25, -0.2) is 0 Å².